The number of hydrogen-bond donors (Lipinski definition) is 1. The summed E-state index contributed by atoms with van der Waals surface area (Å²) in [5.41, 5.74) is 2.72. The van der Waals surface area contributed by atoms with Crippen molar-refractivity contribution in [3.05, 3.63) is 17.2 Å². The molecular weight excluding hydrogens is 250 g/mol. The van der Waals surface area contributed by atoms with Gasteiger partial charge in [0.15, 0.2) is 0 Å². The lowest BCUT2D eigenvalue weighted by Gasteiger charge is -2.29. The highest BCUT2D eigenvalue weighted by Crippen LogP contribution is 2.32. The number of hydrogen-bond acceptors (Lipinski definition) is 3. The fourth-order valence-electron chi connectivity index (χ4n) is 3.41. The Morgan fingerprint density at radius 1 is 1.40 bits per heavy atom. The molecule has 0 aliphatic carbocycles. The van der Waals surface area contributed by atoms with Crippen LogP contribution in [0.15, 0.2) is 0 Å². The molecular formula is C16H27N3O. The van der Waals surface area contributed by atoms with E-state index in [4.69, 9.17) is 9.72 Å². The zero-order chi connectivity index (χ0) is 14.4. The van der Waals surface area contributed by atoms with E-state index in [-0.39, 0.29) is 11.0 Å². The molecule has 0 radical (unpaired) electrons. The molecule has 20 heavy (non-hydrogen) atoms. The van der Waals surface area contributed by atoms with Gasteiger partial charge in [0.25, 0.3) is 0 Å². The van der Waals surface area contributed by atoms with Crippen LogP contribution in [-0.4, -0.2) is 28.3 Å². The summed E-state index contributed by atoms with van der Waals surface area (Å²) in [4.78, 5) is 4.94. The average Bonchev–Trinajstić information content (AvgIpc) is 2.94. The van der Waals surface area contributed by atoms with Crippen LogP contribution in [-0.2, 0) is 29.7 Å². The van der Waals surface area contributed by atoms with Gasteiger partial charge in [-0.05, 0) is 19.8 Å². The average molecular weight is 277 g/mol. The quantitative estimate of drug-likeness (QED) is 0.902. The maximum absolute atomic E-state index is 6.01. The summed E-state index contributed by atoms with van der Waals surface area (Å²) in [6, 6.07) is 0. The third-order valence-corrected chi connectivity index (χ3v) is 4.45. The Hall–Kier alpha value is -0.870. The molecule has 3 heterocycles. The number of nitrogens with one attached hydrogen (secondary N) is 1. The third-order valence-electron chi connectivity index (χ3n) is 4.45. The van der Waals surface area contributed by atoms with Crippen LogP contribution in [0.4, 0.5) is 0 Å². The number of rotatable bonds is 2. The SMILES string of the molecule is CC1(Cn2c(C(C)(C)C)nc3c2CCNC3)CCCO1. The van der Waals surface area contributed by atoms with E-state index in [2.05, 4.69) is 37.6 Å². The smallest absolute Gasteiger partial charge is 0.114 e. The van der Waals surface area contributed by atoms with Crippen LogP contribution in [0, 0.1) is 0 Å². The first-order valence-electron chi connectivity index (χ1n) is 7.82. The van der Waals surface area contributed by atoms with Crippen molar-refractivity contribution in [3.63, 3.8) is 0 Å². The Labute approximate surface area is 121 Å². The molecule has 1 saturated heterocycles. The van der Waals surface area contributed by atoms with Crippen molar-refractivity contribution in [1.29, 1.82) is 0 Å². The Kier molecular flexibility index (Phi) is 3.41. The first-order chi connectivity index (χ1) is 9.39. The van der Waals surface area contributed by atoms with Gasteiger partial charge in [-0.3, -0.25) is 0 Å². The van der Waals surface area contributed by atoms with Crippen LogP contribution in [0.25, 0.3) is 0 Å². The van der Waals surface area contributed by atoms with Crippen molar-refractivity contribution in [3.8, 4) is 0 Å². The second kappa shape index (κ2) is 4.85. The Morgan fingerprint density at radius 3 is 2.85 bits per heavy atom. The molecule has 0 aromatic carbocycles. The summed E-state index contributed by atoms with van der Waals surface area (Å²) >= 11 is 0. The molecule has 1 atom stereocenters. The largest absolute Gasteiger partial charge is 0.373 e. The predicted octanol–water partition coefficient (Wildman–Crippen LogP) is 2.40. The predicted molar refractivity (Wildman–Crippen MR) is 79.9 cm³/mol. The summed E-state index contributed by atoms with van der Waals surface area (Å²) in [5.74, 6) is 1.21. The van der Waals surface area contributed by atoms with Crippen LogP contribution in [0.3, 0.4) is 0 Å². The summed E-state index contributed by atoms with van der Waals surface area (Å²) in [6.45, 7) is 12.8. The standard InChI is InChI=1S/C16H27N3O/c1-15(2,3)14-18-12-10-17-8-6-13(12)19(14)11-16(4)7-5-9-20-16/h17H,5-11H2,1-4H3. The number of nitrogens with zero attached hydrogens (tertiary/aromatic N) is 2. The highest BCUT2D eigenvalue weighted by molar-refractivity contribution is 5.24. The number of fused-ring (bicyclic) bond motifs is 1. The third kappa shape index (κ3) is 2.51. The maximum atomic E-state index is 6.01. The van der Waals surface area contributed by atoms with Crippen LogP contribution in [0.1, 0.15) is 57.7 Å². The second-order valence-electron chi connectivity index (χ2n) is 7.49. The van der Waals surface area contributed by atoms with Gasteiger partial charge in [0, 0.05) is 37.2 Å². The molecule has 0 saturated carbocycles. The molecule has 3 rings (SSSR count). The Balaban J connectivity index is 2.00. The zero-order valence-corrected chi connectivity index (χ0v) is 13.3. The van der Waals surface area contributed by atoms with Gasteiger partial charge in [0.2, 0.25) is 0 Å². The normalized spacial score (nSPS) is 26.8. The molecule has 112 valence electrons. The molecule has 1 fully saturated rings. The van der Waals surface area contributed by atoms with Crippen LogP contribution >= 0.6 is 0 Å². The molecule has 0 amide bonds. The lowest BCUT2D eigenvalue weighted by Crippen LogP contribution is -2.34. The first-order valence-corrected chi connectivity index (χ1v) is 7.82. The molecule has 2 aliphatic rings. The van der Waals surface area contributed by atoms with E-state index in [0.717, 1.165) is 39.1 Å². The van der Waals surface area contributed by atoms with Crippen LogP contribution in [0.5, 0.6) is 0 Å². The zero-order valence-electron chi connectivity index (χ0n) is 13.3. The molecule has 1 N–H and O–H groups in total. The van der Waals surface area contributed by atoms with Crippen molar-refractivity contribution in [1.82, 2.24) is 14.9 Å². The fraction of sp³-hybridized carbons (Fsp3) is 0.812. The van der Waals surface area contributed by atoms with Gasteiger partial charge in [-0.15, -0.1) is 0 Å². The molecule has 1 unspecified atom stereocenters. The summed E-state index contributed by atoms with van der Waals surface area (Å²) in [7, 11) is 0. The van der Waals surface area contributed by atoms with Gasteiger partial charge >= 0.3 is 0 Å². The fourth-order valence-corrected chi connectivity index (χ4v) is 3.41. The minimum atomic E-state index is -0.0145. The summed E-state index contributed by atoms with van der Waals surface area (Å²) < 4.78 is 8.47. The monoisotopic (exact) mass is 277 g/mol. The number of imidazole rings is 1. The van der Waals surface area contributed by atoms with Crippen molar-refractivity contribution >= 4 is 0 Å². The first kappa shape index (κ1) is 14.1. The van der Waals surface area contributed by atoms with E-state index in [1.807, 2.05) is 0 Å². The van der Waals surface area contributed by atoms with Crippen LogP contribution < -0.4 is 5.32 Å². The highest BCUT2D eigenvalue weighted by Gasteiger charge is 2.35. The van der Waals surface area contributed by atoms with Gasteiger partial charge in [-0.25, -0.2) is 4.98 Å². The highest BCUT2D eigenvalue weighted by atomic mass is 16.5. The molecule has 4 nitrogen and oxygen atoms in total. The molecule has 1 aromatic heterocycles. The molecule has 1 aromatic rings. The minimum absolute atomic E-state index is 0.0145. The van der Waals surface area contributed by atoms with E-state index < -0.39 is 0 Å². The topological polar surface area (TPSA) is 39.1 Å². The Bertz CT molecular complexity index is 493. The number of aromatic nitrogens is 2. The van der Waals surface area contributed by atoms with E-state index in [1.54, 1.807) is 0 Å². The van der Waals surface area contributed by atoms with E-state index >= 15 is 0 Å². The van der Waals surface area contributed by atoms with E-state index in [9.17, 15) is 0 Å². The van der Waals surface area contributed by atoms with Gasteiger partial charge in [0.05, 0.1) is 17.8 Å². The minimum Gasteiger partial charge on any atom is -0.373 e. The molecule has 2 aliphatic heterocycles. The summed E-state index contributed by atoms with van der Waals surface area (Å²) in [6.07, 6.45) is 3.41. The Morgan fingerprint density at radius 2 is 2.20 bits per heavy atom. The maximum Gasteiger partial charge on any atom is 0.114 e. The van der Waals surface area contributed by atoms with Crippen molar-refractivity contribution in [2.24, 2.45) is 0 Å². The van der Waals surface area contributed by atoms with Gasteiger partial charge in [-0.1, -0.05) is 20.8 Å². The molecule has 0 bridgehead atoms. The summed E-state index contributed by atoms with van der Waals surface area (Å²) in [5, 5.41) is 3.43. The van der Waals surface area contributed by atoms with E-state index in [1.165, 1.54) is 23.6 Å². The van der Waals surface area contributed by atoms with Crippen LogP contribution in [0.2, 0.25) is 0 Å². The van der Waals surface area contributed by atoms with Crippen molar-refractivity contribution in [2.75, 3.05) is 13.2 Å². The van der Waals surface area contributed by atoms with Gasteiger partial charge in [0.1, 0.15) is 5.82 Å². The van der Waals surface area contributed by atoms with E-state index in [0.29, 0.717) is 0 Å². The second-order valence-corrected chi connectivity index (χ2v) is 7.49. The lowest BCUT2D eigenvalue weighted by atomic mass is 9.94. The number of ether oxygens (including phenoxy) is 1. The van der Waals surface area contributed by atoms with Gasteiger partial charge in [-0.2, -0.15) is 0 Å². The van der Waals surface area contributed by atoms with Gasteiger partial charge < -0.3 is 14.6 Å². The van der Waals surface area contributed by atoms with Crippen molar-refractivity contribution < 1.29 is 4.74 Å². The molecule has 4 heteroatoms. The van der Waals surface area contributed by atoms with Crippen molar-refractivity contribution in [2.45, 2.75) is 71.1 Å². The molecule has 0 spiro atoms. The lowest BCUT2D eigenvalue weighted by molar-refractivity contribution is 0.00452.